The fourth-order valence-electron chi connectivity index (χ4n) is 2.10. The summed E-state index contributed by atoms with van der Waals surface area (Å²) in [5.41, 5.74) is 0.208. The van der Waals surface area contributed by atoms with Crippen molar-refractivity contribution in [2.24, 2.45) is 0 Å². The monoisotopic (exact) mass is 431 g/mol. The quantitative estimate of drug-likeness (QED) is 0.462. The van der Waals surface area contributed by atoms with Crippen LogP contribution in [-0.4, -0.2) is 28.8 Å². The summed E-state index contributed by atoms with van der Waals surface area (Å²) in [6.45, 7) is 1.22. The number of amides is 1. The van der Waals surface area contributed by atoms with Gasteiger partial charge in [-0.05, 0) is 25.1 Å². The molecule has 0 radical (unpaired) electrons. The van der Waals surface area contributed by atoms with Crippen LogP contribution < -0.4 is 16.4 Å². The molecule has 0 spiro atoms. The third kappa shape index (κ3) is 4.45. The van der Waals surface area contributed by atoms with Gasteiger partial charge < -0.3 is 15.0 Å². The Morgan fingerprint density at radius 1 is 1.38 bits per heavy atom. The van der Waals surface area contributed by atoms with E-state index in [1.165, 1.54) is 12.1 Å². The highest BCUT2D eigenvalue weighted by atomic mass is 79.9. The van der Waals surface area contributed by atoms with Crippen LogP contribution in [0.25, 0.3) is 0 Å². The van der Waals surface area contributed by atoms with Crippen LogP contribution in [0.15, 0.2) is 33.7 Å². The van der Waals surface area contributed by atoms with E-state index in [9.17, 15) is 18.4 Å². The fourth-order valence-corrected chi connectivity index (χ4v) is 2.44. The smallest absolute Gasteiger partial charge is 0.288 e. The first-order valence-electron chi connectivity index (χ1n) is 7.57. The Hall–Kier alpha value is -2.30. The predicted molar refractivity (Wildman–Crippen MR) is 94.2 cm³/mol. The molecule has 2 aromatic rings. The number of nitrogens with zero attached hydrogens (tertiary/aromatic N) is 1. The van der Waals surface area contributed by atoms with Gasteiger partial charge in [-0.25, -0.2) is 9.87 Å². The van der Waals surface area contributed by atoms with Gasteiger partial charge in [0, 0.05) is 17.2 Å². The molecule has 1 aromatic heterocycles. The van der Waals surface area contributed by atoms with Gasteiger partial charge in [0.1, 0.15) is 5.82 Å². The predicted octanol–water partition coefficient (Wildman–Crippen LogP) is 2.31. The average molecular weight is 432 g/mol. The Bertz CT molecular complexity index is 873. The van der Waals surface area contributed by atoms with E-state index in [0.717, 1.165) is 16.8 Å². The first-order valence-corrected chi connectivity index (χ1v) is 8.36. The Labute approximate surface area is 155 Å². The van der Waals surface area contributed by atoms with Crippen molar-refractivity contribution >= 4 is 33.2 Å². The number of benzene rings is 1. The highest BCUT2D eigenvalue weighted by Crippen LogP contribution is 2.26. The summed E-state index contributed by atoms with van der Waals surface area (Å²) in [6, 6.07) is 3.99. The van der Waals surface area contributed by atoms with E-state index in [0.29, 0.717) is 4.47 Å². The molecule has 1 amide bonds. The standard InChI is InChI=1S/C16H16BrF2N3O4/c1-2-22-8-10(15(24)21-26-6-5-23)14(13(19)16(22)25)20-12-4-3-9(17)7-11(12)18/h3-4,7-8,20,23H,2,5-6H2,1H3,(H,21,24). The van der Waals surface area contributed by atoms with E-state index in [-0.39, 0.29) is 31.0 Å². The SMILES string of the molecule is CCn1cc(C(=O)NOCCO)c(Nc2ccc(Br)cc2F)c(F)c1=O. The summed E-state index contributed by atoms with van der Waals surface area (Å²) in [5.74, 6) is -2.80. The van der Waals surface area contributed by atoms with Crippen molar-refractivity contribution in [1.82, 2.24) is 10.0 Å². The molecule has 10 heteroatoms. The lowest BCUT2D eigenvalue weighted by Gasteiger charge is -2.15. The lowest BCUT2D eigenvalue weighted by atomic mass is 10.2. The number of aryl methyl sites for hydroxylation is 1. The van der Waals surface area contributed by atoms with Gasteiger partial charge >= 0.3 is 0 Å². The largest absolute Gasteiger partial charge is 0.394 e. The minimum Gasteiger partial charge on any atom is -0.394 e. The summed E-state index contributed by atoms with van der Waals surface area (Å²) < 4.78 is 30.1. The molecule has 1 aromatic carbocycles. The van der Waals surface area contributed by atoms with Crippen molar-refractivity contribution in [2.45, 2.75) is 13.5 Å². The maximum atomic E-state index is 14.6. The Morgan fingerprint density at radius 2 is 2.12 bits per heavy atom. The van der Waals surface area contributed by atoms with Gasteiger partial charge in [0.05, 0.1) is 30.2 Å². The van der Waals surface area contributed by atoms with E-state index < -0.39 is 28.8 Å². The van der Waals surface area contributed by atoms with E-state index in [1.54, 1.807) is 6.92 Å². The molecular weight excluding hydrogens is 416 g/mol. The number of pyridine rings is 1. The second-order valence-corrected chi connectivity index (χ2v) is 5.99. The van der Waals surface area contributed by atoms with Crippen molar-refractivity contribution in [3.63, 3.8) is 0 Å². The molecule has 0 saturated heterocycles. The van der Waals surface area contributed by atoms with Gasteiger partial charge in [-0.2, -0.15) is 4.39 Å². The number of aliphatic hydroxyl groups is 1. The molecule has 140 valence electrons. The number of nitrogens with one attached hydrogen (secondary N) is 2. The zero-order valence-electron chi connectivity index (χ0n) is 13.7. The highest BCUT2D eigenvalue weighted by Gasteiger charge is 2.22. The van der Waals surface area contributed by atoms with Crippen LogP contribution in [0.4, 0.5) is 20.2 Å². The van der Waals surface area contributed by atoms with E-state index >= 15 is 0 Å². The molecule has 0 saturated carbocycles. The lowest BCUT2D eigenvalue weighted by Crippen LogP contribution is -2.31. The summed E-state index contributed by atoms with van der Waals surface area (Å²) in [7, 11) is 0. The Morgan fingerprint density at radius 3 is 2.73 bits per heavy atom. The van der Waals surface area contributed by atoms with Crippen molar-refractivity contribution in [3.8, 4) is 0 Å². The summed E-state index contributed by atoms with van der Waals surface area (Å²) in [4.78, 5) is 29.0. The number of carbonyl (C=O) groups excluding carboxylic acids is 1. The van der Waals surface area contributed by atoms with E-state index in [2.05, 4.69) is 21.2 Å². The molecule has 0 aliphatic carbocycles. The molecular formula is C16H16BrF2N3O4. The molecule has 0 unspecified atom stereocenters. The molecule has 1 heterocycles. The minimum atomic E-state index is -1.23. The number of rotatable bonds is 7. The molecule has 0 aliphatic rings. The molecule has 3 N–H and O–H groups in total. The molecule has 26 heavy (non-hydrogen) atoms. The van der Waals surface area contributed by atoms with Crippen LogP contribution in [0, 0.1) is 11.6 Å². The molecule has 0 fully saturated rings. The second kappa shape index (κ2) is 8.88. The number of carbonyl (C=O) groups is 1. The van der Waals surface area contributed by atoms with Crippen LogP contribution in [0.1, 0.15) is 17.3 Å². The summed E-state index contributed by atoms with van der Waals surface area (Å²) in [6.07, 6.45) is 1.14. The lowest BCUT2D eigenvalue weighted by molar-refractivity contribution is 0.0168. The van der Waals surface area contributed by atoms with Crippen molar-refractivity contribution in [2.75, 3.05) is 18.5 Å². The Kier molecular flexibility index (Phi) is 6.83. The average Bonchev–Trinajstić information content (AvgIpc) is 2.61. The fraction of sp³-hybridized carbons (Fsp3) is 0.250. The number of hydroxylamine groups is 1. The third-order valence-corrected chi connectivity index (χ3v) is 3.85. The molecule has 0 aliphatic heterocycles. The van der Waals surface area contributed by atoms with E-state index in [4.69, 9.17) is 9.94 Å². The van der Waals surface area contributed by atoms with Gasteiger partial charge in [0.15, 0.2) is 0 Å². The topological polar surface area (TPSA) is 92.6 Å². The molecule has 2 rings (SSSR count). The number of anilines is 2. The van der Waals surface area contributed by atoms with Crippen LogP contribution in [-0.2, 0) is 11.4 Å². The minimum absolute atomic E-state index is 0.119. The summed E-state index contributed by atoms with van der Waals surface area (Å²) >= 11 is 3.10. The molecule has 0 atom stereocenters. The van der Waals surface area contributed by atoms with Crippen LogP contribution in [0.5, 0.6) is 0 Å². The normalized spacial score (nSPS) is 10.7. The highest BCUT2D eigenvalue weighted by molar-refractivity contribution is 9.10. The zero-order valence-corrected chi connectivity index (χ0v) is 15.3. The molecule has 7 nitrogen and oxygen atoms in total. The van der Waals surface area contributed by atoms with Gasteiger partial charge in [-0.1, -0.05) is 15.9 Å². The number of halogens is 3. The number of aromatic nitrogens is 1. The van der Waals surface area contributed by atoms with Gasteiger partial charge in [-0.15, -0.1) is 0 Å². The summed E-state index contributed by atoms with van der Waals surface area (Å²) in [5, 5.41) is 11.1. The van der Waals surface area contributed by atoms with Crippen LogP contribution in [0.3, 0.4) is 0 Å². The number of hydrogen-bond acceptors (Lipinski definition) is 5. The third-order valence-electron chi connectivity index (χ3n) is 3.36. The maximum Gasteiger partial charge on any atom is 0.288 e. The van der Waals surface area contributed by atoms with Crippen molar-refractivity contribution in [1.29, 1.82) is 0 Å². The van der Waals surface area contributed by atoms with Crippen LogP contribution >= 0.6 is 15.9 Å². The van der Waals surface area contributed by atoms with Gasteiger partial charge in [-0.3, -0.25) is 14.4 Å². The molecule has 0 bridgehead atoms. The maximum absolute atomic E-state index is 14.6. The number of hydrogen-bond donors (Lipinski definition) is 3. The Balaban J connectivity index is 2.49. The van der Waals surface area contributed by atoms with Gasteiger partial charge in [0.2, 0.25) is 5.82 Å². The van der Waals surface area contributed by atoms with Crippen molar-refractivity contribution < 1.29 is 23.5 Å². The number of aliphatic hydroxyl groups excluding tert-OH is 1. The first kappa shape index (κ1) is 20.0. The van der Waals surface area contributed by atoms with Crippen molar-refractivity contribution in [3.05, 3.63) is 56.4 Å². The van der Waals surface area contributed by atoms with Crippen LogP contribution in [0.2, 0.25) is 0 Å². The first-order chi connectivity index (χ1) is 12.4. The zero-order chi connectivity index (χ0) is 19.3. The second-order valence-electron chi connectivity index (χ2n) is 5.08. The van der Waals surface area contributed by atoms with E-state index in [1.807, 2.05) is 5.48 Å². The van der Waals surface area contributed by atoms with Gasteiger partial charge in [0.25, 0.3) is 11.5 Å².